The van der Waals surface area contributed by atoms with Crippen molar-refractivity contribution in [1.82, 2.24) is 4.98 Å². The number of rotatable bonds is 2. The van der Waals surface area contributed by atoms with Gasteiger partial charge in [0.15, 0.2) is 5.84 Å². The minimum Gasteiger partial charge on any atom is -0.409 e. The Bertz CT molecular complexity index is 427. The van der Waals surface area contributed by atoms with E-state index >= 15 is 0 Å². The van der Waals surface area contributed by atoms with E-state index in [1.54, 1.807) is 6.20 Å². The largest absolute Gasteiger partial charge is 0.409 e. The zero-order valence-corrected chi connectivity index (χ0v) is 10.7. The van der Waals surface area contributed by atoms with Gasteiger partial charge in [-0.1, -0.05) is 5.16 Å². The summed E-state index contributed by atoms with van der Waals surface area (Å²) in [5.74, 6) is 0.924. The summed E-state index contributed by atoms with van der Waals surface area (Å²) in [5.41, 5.74) is 5.54. The first kappa shape index (κ1) is 12.1. The maximum absolute atomic E-state index is 8.64. The number of amidine groups is 1. The molecule has 1 aromatic rings. The highest BCUT2D eigenvalue weighted by Gasteiger charge is 2.25. The molecule has 6 nitrogen and oxygen atoms in total. The molecule has 7 heteroatoms. The molecule has 0 amide bonds. The fraction of sp³-hybridized carbons (Fsp3) is 0.400. The summed E-state index contributed by atoms with van der Waals surface area (Å²) in [4.78, 5) is 6.34. The van der Waals surface area contributed by atoms with Crippen LogP contribution < -0.4 is 10.6 Å². The van der Waals surface area contributed by atoms with Crippen LogP contribution in [0, 0.1) is 0 Å². The van der Waals surface area contributed by atoms with E-state index in [1.165, 1.54) is 0 Å². The molecular formula is C10H13BrN4O2. The molecule has 92 valence electrons. The van der Waals surface area contributed by atoms with Gasteiger partial charge in [-0.15, -0.1) is 0 Å². The quantitative estimate of drug-likeness (QED) is 0.365. The van der Waals surface area contributed by atoms with Gasteiger partial charge >= 0.3 is 0 Å². The van der Waals surface area contributed by atoms with Crippen LogP contribution in [0.5, 0.6) is 0 Å². The average Bonchev–Trinajstić information content (AvgIpc) is 2.38. The zero-order chi connectivity index (χ0) is 12.3. The topological polar surface area (TPSA) is 84.0 Å². The normalized spacial score (nSPS) is 21.6. The number of oxime groups is 1. The third-order valence-corrected chi connectivity index (χ3v) is 3.17. The number of pyridine rings is 1. The molecule has 17 heavy (non-hydrogen) atoms. The summed E-state index contributed by atoms with van der Waals surface area (Å²) in [5, 5.41) is 11.6. The summed E-state index contributed by atoms with van der Waals surface area (Å²) in [6, 6.07) is 3.78. The number of ether oxygens (including phenoxy) is 1. The lowest BCUT2D eigenvalue weighted by molar-refractivity contribution is 0.0803. The second-order valence-electron chi connectivity index (χ2n) is 3.64. The lowest BCUT2D eigenvalue weighted by Crippen LogP contribution is -2.49. The average molecular weight is 301 g/mol. The number of hydrogen-bond donors (Lipinski definition) is 2. The van der Waals surface area contributed by atoms with E-state index < -0.39 is 6.10 Å². The molecule has 1 atom stereocenters. The number of anilines is 1. The van der Waals surface area contributed by atoms with Crippen molar-refractivity contribution in [2.24, 2.45) is 10.9 Å². The van der Waals surface area contributed by atoms with Gasteiger partial charge in [-0.3, -0.25) is 0 Å². The number of nitrogens with two attached hydrogens (primary N) is 1. The van der Waals surface area contributed by atoms with Crippen LogP contribution in [0.3, 0.4) is 0 Å². The predicted molar refractivity (Wildman–Crippen MR) is 67.3 cm³/mol. The summed E-state index contributed by atoms with van der Waals surface area (Å²) in [7, 11) is 0. The fourth-order valence-corrected chi connectivity index (χ4v) is 2.20. The van der Waals surface area contributed by atoms with E-state index in [2.05, 4.69) is 26.1 Å². The molecule has 0 radical (unpaired) electrons. The van der Waals surface area contributed by atoms with Gasteiger partial charge in [0.2, 0.25) is 0 Å². The molecule has 0 aliphatic carbocycles. The van der Waals surface area contributed by atoms with Crippen molar-refractivity contribution in [1.29, 1.82) is 0 Å². The molecule has 0 saturated carbocycles. The van der Waals surface area contributed by atoms with E-state index in [1.807, 2.05) is 17.0 Å². The van der Waals surface area contributed by atoms with Crippen LogP contribution in [0.2, 0.25) is 0 Å². The molecule has 0 bridgehead atoms. The molecule has 1 fully saturated rings. The highest BCUT2D eigenvalue weighted by atomic mass is 79.9. The minimum atomic E-state index is -0.400. The van der Waals surface area contributed by atoms with Crippen molar-refractivity contribution in [2.45, 2.75) is 6.10 Å². The van der Waals surface area contributed by atoms with E-state index in [9.17, 15) is 0 Å². The monoisotopic (exact) mass is 300 g/mol. The Labute approximate surface area is 107 Å². The van der Waals surface area contributed by atoms with Crippen molar-refractivity contribution < 1.29 is 9.94 Å². The molecule has 1 aliphatic rings. The first-order chi connectivity index (χ1) is 8.22. The number of aromatic nitrogens is 1. The number of halogens is 1. The van der Waals surface area contributed by atoms with Crippen LogP contribution in [0.15, 0.2) is 28.0 Å². The SMILES string of the molecule is NC(=NO)C1CN(c2ncccc2Br)CCO1. The fourth-order valence-electron chi connectivity index (χ4n) is 1.70. The molecule has 1 saturated heterocycles. The molecule has 1 aromatic heterocycles. The highest BCUT2D eigenvalue weighted by Crippen LogP contribution is 2.24. The Kier molecular flexibility index (Phi) is 3.80. The molecule has 3 N–H and O–H groups in total. The van der Waals surface area contributed by atoms with Gasteiger partial charge < -0.3 is 20.6 Å². The molecule has 1 unspecified atom stereocenters. The molecule has 0 aromatic carbocycles. The maximum Gasteiger partial charge on any atom is 0.170 e. The molecule has 2 heterocycles. The molecule has 0 spiro atoms. The summed E-state index contributed by atoms with van der Waals surface area (Å²) in [6.45, 7) is 1.76. The summed E-state index contributed by atoms with van der Waals surface area (Å²) >= 11 is 3.45. The first-order valence-electron chi connectivity index (χ1n) is 5.17. The van der Waals surface area contributed by atoms with Crippen LogP contribution in [0.25, 0.3) is 0 Å². The minimum absolute atomic E-state index is 0.0850. The van der Waals surface area contributed by atoms with Gasteiger partial charge in [-0.05, 0) is 28.1 Å². The van der Waals surface area contributed by atoms with Crippen LogP contribution in [-0.2, 0) is 4.74 Å². The predicted octanol–water partition coefficient (Wildman–Crippen LogP) is 0.796. The van der Waals surface area contributed by atoms with Crippen LogP contribution in [0.4, 0.5) is 5.82 Å². The van der Waals surface area contributed by atoms with Crippen molar-refractivity contribution in [2.75, 3.05) is 24.6 Å². The molecule has 1 aliphatic heterocycles. The van der Waals surface area contributed by atoms with Crippen LogP contribution in [-0.4, -0.2) is 41.8 Å². The summed E-state index contributed by atoms with van der Waals surface area (Å²) < 4.78 is 6.34. The van der Waals surface area contributed by atoms with E-state index in [0.717, 1.165) is 16.8 Å². The van der Waals surface area contributed by atoms with E-state index in [0.29, 0.717) is 13.2 Å². The van der Waals surface area contributed by atoms with Crippen molar-refractivity contribution in [3.05, 3.63) is 22.8 Å². The third-order valence-electron chi connectivity index (χ3n) is 2.55. The molecule has 2 rings (SSSR count). The van der Waals surface area contributed by atoms with Gasteiger partial charge in [-0.2, -0.15) is 0 Å². The van der Waals surface area contributed by atoms with Gasteiger partial charge in [0.05, 0.1) is 17.6 Å². The maximum atomic E-state index is 8.64. The Balaban J connectivity index is 2.15. The van der Waals surface area contributed by atoms with E-state index in [-0.39, 0.29) is 5.84 Å². The van der Waals surface area contributed by atoms with Gasteiger partial charge in [0, 0.05) is 12.7 Å². The lowest BCUT2D eigenvalue weighted by Gasteiger charge is -2.33. The van der Waals surface area contributed by atoms with Crippen LogP contribution in [0.1, 0.15) is 0 Å². The van der Waals surface area contributed by atoms with Crippen molar-refractivity contribution in [3.8, 4) is 0 Å². The van der Waals surface area contributed by atoms with Crippen molar-refractivity contribution >= 4 is 27.6 Å². The number of morpholine rings is 1. The highest BCUT2D eigenvalue weighted by molar-refractivity contribution is 9.10. The Morgan fingerprint density at radius 2 is 2.53 bits per heavy atom. The summed E-state index contributed by atoms with van der Waals surface area (Å²) in [6.07, 6.45) is 1.33. The Hall–Kier alpha value is -1.34. The zero-order valence-electron chi connectivity index (χ0n) is 9.08. The molecular weight excluding hydrogens is 288 g/mol. The second-order valence-corrected chi connectivity index (χ2v) is 4.49. The third kappa shape index (κ3) is 2.67. The number of nitrogens with zero attached hydrogens (tertiary/aromatic N) is 3. The van der Waals surface area contributed by atoms with E-state index in [4.69, 9.17) is 15.7 Å². The Morgan fingerprint density at radius 3 is 3.24 bits per heavy atom. The Morgan fingerprint density at radius 1 is 1.71 bits per heavy atom. The second kappa shape index (κ2) is 5.33. The smallest absolute Gasteiger partial charge is 0.170 e. The van der Waals surface area contributed by atoms with Crippen molar-refractivity contribution in [3.63, 3.8) is 0 Å². The standard InChI is InChI=1S/C10H13BrN4O2/c11-7-2-1-3-13-10(7)15-4-5-17-8(6-15)9(12)14-16/h1-3,8,16H,4-6H2,(H2,12,14). The number of hydrogen-bond acceptors (Lipinski definition) is 5. The van der Waals surface area contributed by atoms with Gasteiger partial charge in [0.1, 0.15) is 11.9 Å². The lowest BCUT2D eigenvalue weighted by atomic mass is 10.2. The van der Waals surface area contributed by atoms with Gasteiger partial charge in [-0.25, -0.2) is 4.98 Å². The first-order valence-corrected chi connectivity index (χ1v) is 5.96. The van der Waals surface area contributed by atoms with Crippen LogP contribution >= 0.6 is 15.9 Å². The van der Waals surface area contributed by atoms with Gasteiger partial charge in [0.25, 0.3) is 0 Å².